The smallest absolute Gasteiger partial charge is 0.324 e. The molecule has 1 fully saturated rings. The van der Waals surface area contributed by atoms with Gasteiger partial charge < -0.3 is 5.11 Å². The number of carbonyl (C=O) groups is 1. The zero-order chi connectivity index (χ0) is 11.6. The Hall–Kier alpha value is -1.01. The van der Waals surface area contributed by atoms with Gasteiger partial charge in [-0.25, -0.2) is 0 Å². The van der Waals surface area contributed by atoms with Gasteiger partial charge in [-0.2, -0.15) is 16.9 Å². The minimum Gasteiger partial charge on any atom is -0.480 e. The number of hydrogen-bond donors (Lipinski definition) is 2. The van der Waals surface area contributed by atoms with E-state index in [2.05, 4.69) is 10.4 Å². The van der Waals surface area contributed by atoms with E-state index >= 15 is 0 Å². The Morgan fingerprint density at radius 2 is 2.62 bits per heavy atom. The van der Waals surface area contributed by atoms with Crippen molar-refractivity contribution in [1.82, 2.24) is 15.1 Å². The Labute approximate surface area is 98.2 Å². The maximum atomic E-state index is 11.3. The number of aryl methyl sites for hydroxylation is 1. The van der Waals surface area contributed by atoms with Gasteiger partial charge >= 0.3 is 5.97 Å². The topological polar surface area (TPSA) is 67.2 Å². The average molecular weight is 241 g/mol. The quantitative estimate of drug-likeness (QED) is 0.802. The van der Waals surface area contributed by atoms with Crippen molar-refractivity contribution in [2.75, 3.05) is 11.5 Å². The van der Waals surface area contributed by atoms with Crippen LogP contribution in [-0.2, 0) is 18.4 Å². The third kappa shape index (κ3) is 2.22. The molecule has 1 atom stereocenters. The van der Waals surface area contributed by atoms with Crippen LogP contribution in [0.15, 0.2) is 12.4 Å². The molecule has 0 radical (unpaired) electrons. The first-order chi connectivity index (χ1) is 7.62. The van der Waals surface area contributed by atoms with Crippen LogP contribution in [0.25, 0.3) is 0 Å². The third-order valence-electron chi connectivity index (χ3n) is 2.82. The van der Waals surface area contributed by atoms with Crippen LogP contribution in [0, 0.1) is 0 Å². The Morgan fingerprint density at radius 3 is 3.12 bits per heavy atom. The Morgan fingerprint density at radius 1 is 1.81 bits per heavy atom. The first-order valence-corrected chi connectivity index (χ1v) is 6.31. The van der Waals surface area contributed by atoms with Gasteiger partial charge in [-0.1, -0.05) is 0 Å². The summed E-state index contributed by atoms with van der Waals surface area (Å²) in [5, 5.41) is 16.5. The molecule has 0 amide bonds. The van der Waals surface area contributed by atoms with Crippen molar-refractivity contribution in [3.05, 3.63) is 18.0 Å². The van der Waals surface area contributed by atoms with Gasteiger partial charge in [-0.3, -0.25) is 14.8 Å². The SMILES string of the molecule is Cn1cc(CNC2(C(=O)O)CCSC2)cn1. The molecule has 2 heterocycles. The highest BCUT2D eigenvalue weighted by Crippen LogP contribution is 2.28. The maximum Gasteiger partial charge on any atom is 0.324 e. The molecule has 0 aliphatic carbocycles. The highest BCUT2D eigenvalue weighted by molar-refractivity contribution is 7.99. The first kappa shape index (κ1) is 11.5. The highest BCUT2D eigenvalue weighted by Gasteiger charge is 2.41. The summed E-state index contributed by atoms with van der Waals surface area (Å²) in [7, 11) is 1.85. The molecule has 0 spiro atoms. The Bertz CT molecular complexity index is 385. The standard InChI is InChI=1S/C10H15N3O2S/c1-13-6-8(5-12-13)4-11-10(9(14)15)2-3-16-7-10/h5-6,11H,2-4,7H2,1H3,(H,14,15). The van der Waals surface area contributed by atoms with Gasteiger partial charge in [0, 0.05) is 31.1 Å². The van der Waals surface area contributed by atoms with Gasteiger partial charge in [0.05, 0.1) is 6.20 Å². The van der Waals surface area contributed by atoms with Crippen molar-refractivity contribution in [2.45, 2.75) is 18.5 Å². The lowest BCUT2D eigenvalue weighted by molar-refractivity contribution is -0.143. The molecule has 16 heavy (non-hydrogen) atoms. The molecule has 0 saturated carbocycles. The summed E-state index contributed by atoms with van der Waals surface area (Å²) in [6, 6.07) is 0. The third-order valence-corrected chi connectivity index (χ3v) is 4.01. The number of thioether (sulfide) groups is 1. The van der Waals surface area contributed by atoms with Gasteiger partial charge in [-0.05, 0) is 12.2 Å². The summed E-state index contributed by atoms with van der Waals surface area (Å²) in [5.41, 5.74) is 0.264. The summed E-state index contributed by atoms with van der Waals surface area (Å²) in [6.45, 7) is 0.556. The van der Waals surface area contributed by atoms with Crippen molar-refractivity contribution < 1.29 is 9.90 Å². The zero-order valence-electron chi connectivity index (χ0n) is 9.14. The second kappa shape index (κ2) is 4.47. The Kier molecular flexibility index (Phi) is 3.20. The van der Waals surface area contributed by atoms with Crippen LogP contribution in [-0.4, -0.2) is 37.9 Å². The molecular formula is C10H15N3O2S. The number of carboxylic acids is 1. The molecule has 2 N–H and O–H groups in total. The van der Waals surface area contributed by atoms with E-state index in [9.17, 15) is 9.90 Å². The number of hydrogen-bond acceptors (Lipinski definition) is 4. The molecule has 5 nitrogen and oxygen atoms in total. The summed E-state index contributed by atoms with van der Waals surface area (Å²) >= 11 is 1.69. The van der Waals surface area contributed by atoms with Gasteiger partial charge in [0.1, 0.15) is 5.54 Å². The second-order valence-electron chi connectivity index (χ2n) is 4.07. The molecule has 6 heteroatoms. The van der Waals surface area contributed by atoms with E-state index in [0.29, 0.717) is 18.7 Å². The molecular weight excluding hydrogens is 226 g/mol. The van der Waals surface area contributed by atoms with Crippen molar-refractivity contribution in [2.24, 2.45) is 7.05 Å². The molecule has 1 aliphatic rings. The van der Waals surface area contributed by atoms with Crippen LogP contribution in [0.2, 0.25) is 0 Å². The van der Waals surface area contributed by atoms with E-state index in [1.54, 1.807) is 22.6 Å². The summed E-state index contributed by atoms with van der Waals surface area (Å²) in [5.74, 6) is 0.802. The lowest BCUT2D eigenvalue weighted by Crippen LogP contribution is -2.51. The summed E-state index contributed by atoms with van der Waals surface area (Å²) in [4.78, 5) is 11.3. The number of nitrogens with one attached hydrogen (secondary N) is 1. The molecule has 0 aromatic carbocycles. The Balaban J connectivity index is 1.99. The van der Waals surface area contributed by atoms with Crippen LogP contribution in [0.5, 0.6) is 0 Å². The zero-order valence-corrected chi connectivity index (χ0v) is 9.96. The first-order valence-electron chi connectivity index (χ1n) is 5.16. The fourth-order valence-corrected chi connectivity index (χ4v) is 3.14. The highest BCUT2D eigenvalue weighted by atomic mass is 32.2. The monoisotopic (exact) mass is 241 g/mol. The van der Waals surface area contributed by atoms with Crippen LogP contribution in [0.4, 0.5) is 0 Å². The molecule has 88 valence electrons. The lowest BCUT2D eigenvalue weighted by atomic mass is 9.99. The van der Waals surface area contributed by atoms with E-state index in [1.165, 1.54) is 0 Å². The number of rotatable bonds is 4. The number of carboxylic acid groups (broad SMARTS) is 1. The molecule has 0 bridgehead atoms. The van der Waals surface area contributed by atoms with Gasteiger partial charge in [0.15, 0.2) is 0 Å². The number of nitrogens with zero attached hydrogens (tertiary/aromatic N) is 2. The molecule has 1 unspecified atom stereocenters. The molecule has 1 saturated heterocycles. The van der Waals surface area contributed by atoms with E-state index in [1.807, 2.05) is 13.2 Å². The predicted octanol–water partition coefficient (Wildman–Crippen LogP) is 0.470. The van der Waals surface area contributed by atoms with Crippen molar-refractivity contribution in [3.63, 3.8) is 0 Å². The molecule has 1 aromatic heterocycles. The largest absolute Gasteiger partial charge is 0.480 e. The lowest BCUT2D eigenvalue weighted by Gasteiger charge is -2.24. The summed E-state index contributed by atoms with van der Waals surface area (Å²) < 4.78 is 1.72. The van der Waals surface area contributed by atoms with Crippen LogP contribution in [0.3, 0.4) is 0 Å². The number of aliphatic carboxylic acids is 1. The van der Waals surface area contributed by atoms with E-state index < -0.39 is 11.5 Å². The van der Waals surface area contributed by atoms with E-state index in [4.69, 9.17) is 0 Å². The van der Waals surface area contributed by atoms with Crippen molar-refractivity contribution in [1.29, 1.82) is 0 Å². The predicted molar refractivity (Wildman–Crippen MR) is 62.4 cm³/mol. The van der Waals surface area contributed by atoms with Gasteiger partial charge in [0.25, 0.3) is 0 Å². The minimum absolute atomic E-state index is 0.556. The van der Waals surface area contributed by atoms with Crippen molar-refractivity contribution in [3.8, 4) is 0 Å². The molecule has 1 aliphatic heterocycles. The van der Waals surface area contributed by atoms with E-state index in [-0.39, 0.29) is 0 Å². The molecule has 1 aromatic rings. The minimum atomic E-state index is -0.749. The fourth-order valence-electron chi connectivity index (χ4n) is 1.78. The van der Waals surface area contributed by atoms with Gasteiger partial charge in [-0.15, -0.1) is 0 Å². The summed E-state index contributed by atoms with van der Waals surface area (Å²) in [6.07, 6.45) is 4.34. The van der Waals surface area contributed by atoms with Crippen LogP contribution >= 0.6 is 11.8 Å². The normalized spacial score (nSPS) is 24.8. The van der Waals surface area contributed by atoms with Gasteiger partial charge in [0.2, 0.25) is 0 Å². The fraction of sp³-hybridized carbons (Fsp3) is 0.600. The van der Waals surface area contributed by atoms with E-state index in [0.717, 1.165) is 11.3 Å². The maximum absolute atomic E-state index is 11.3. The van der Waals surface area contributed by atoms with Crippen LogP contribution < -0.4 is 5.32 Å². The number of aromatic nitrogens is 2. The molecule has 2 rings (SSSR count). The second-order valence-corrected chi connectivity index (χ2v) is 5.17. The van der Waals surface area contributed by atoms with Crippen molar-refractivity contribution >= 4 is 17.7 Å². The van der Waals surface area contributed by atoms with Crippen LogP contribution in [0.1, 0.15) is 12.0 Å². The average Bonchev–Trinajstić information content (AvgIpc) is 2.84.